The van der Waals surface area contributed by atoms with E-state index < -0.39 is 0 Å². The van der Waals surface area contributed by atoms with Gasteiger partial charge in [-0.1, -0.05) is 30.3 Å². The van der Waals surface area contributed by atoms with Gasteiger partial charge in [-0.05, 0) is 37.2 Å². The molecule has 0 bridgehead atoms. The number of nitrogens with zero attached hydrogens (tertiary/aromatic N) is 2. The highest BCUT2D eigenvalue weighted by atomic mass is 15.0. The SMILES string of the molecule is Cc1cc(NCC2(Cc3ccccc3)CC2)ncn1. The Hall–Kier alpha value is -1.90. The second kappa shape index (κ2) is 5.00. The van der Waals surface area contributed by atoms with E-state index >= 15 is 0 Å². The minimum atomic E-state index is 0.431. The summed E-state index contributed by atoms with van der Waals surface area (Å²) in [6.07, 6.45) is 5.39. The summed E-state index contributed by atoms with van der Waals surface area (Å²) in [5, 5.41) is 3.46. The zero-order chi connectivity index (χ0) is 13.1. The lowest BCUT2D eigenvalue weighted by atomic mass is 9.96. The molecule has 1 heterocycles. The van der Waals surface area contributed by atoms with Gasteiger partial charge in [-0.15, -0.1) is 0 Å². The van der Waals surface area contributed by atoms with Crippen LogP contribution in [-0.4, -0.2) is 16.5 Å². The molecule has 98 valence electrons. The Labute approximate surface area is 114 Å². The summed E-state index contributed by atoms with van der Waals surface area (Å²) in [6.45, 7) is 2.99. The first-order valence-corrected chi connectivity index (χ1v) is 6.82. The Bertz CT molecular complexity index is 547. The van der Waals surface area contributed by atoms with Gasteiger partial charge in [0.15, 0.2) is 0 Å². The van der Waals surface area contributed by atoms with Crippen molar-refractivity contribution in [3.05, 3.63) is 54.0 Å². The van der Waals surface area contributed by atoms with Gasteiger partial charge in [0.25, 0.3) is 0 Å². The number of hydrogen-bond acceptors (Lipinski definition) is 3. The zero-order valence-electron chi connectivity index (χ0n) is 11.3. The highest BCUT2D eigenvalue weighted by molar-refractivity contribution is 5.35. The predicted molar refractivity (Wildman–Crippen MR) is 77.1 cm³/mol. The number of nitrogens with one attached hydrogen (secondary N) is 1. The van der Waals surface area contributed by atoms with Gasteiger partial charge in [0.1, 0.15) is 12.1 Å². The van der Waals surface area contributed by atoms with Crippen LogP contribution < -0.4 is 5.32 Å². The molecule has 0 saturated heterocycles. The largest absolute Gasteiger partial charge is 0.369 e. The lowest BCUT2D eigenvalue weighted by Gasteiger charge is -2.16. The number of aryl methyl sites for hydroxylation is 1. The molecule has 1 fully saturated rings. The normalized spacial score (nSPS) is 16.1. The standard InChI is InChI=1S/C16H19N3/c1-13-9-15(19-12-18-13)17-11-16(7-8-16)10-14-5-3-2-4-6-14/h2-6,9,12H,7-8,10-11H2,1H3,(H,17,18,19). The van der Waals surface area contributed by atoms with Crippen molar-refractivity contribution in [2.75, 3.05) is 11.9 Å². The van der Waals surface area contributed by atoms with Gasteiger partial charge in [-0.25, -0.2) is 9.97 Å². The van der Waals surface area contributed by atoms with E-state index in [-0.39, 0.29) is 0 Å². The average Bonchev–Trinajstić information content (AvgIpc) is 3.18. The van der Waals surface area contributed by atoms with Gasteiger partial charge in [0, 0.05) is 18.3 Å². The summed E-state index contributed by atoms with van der Waals surface area (Å²) in [7, 11) is 0. The Morgan fingerprint density at radius 3 is 2.63 bits per heavy atom. The molecule has 1 aliphatic rings. The number of anilines is 1. The zero-order valence-corrected chi connectivity index (χ0v) is 11.3. The maximum atomic E-state index is 4.26. The molecular formula is C16H19N3. The molecule has 0 amide bonds. The van der Waals surface area contributed by atoms with Gasteiger partial charge in [0.2, 0.25) is 0 Å². The molecule has 0 atom stereocenters. The molecule has 0 spiro atoms. The highest BCUT2D eigenvalue weighted by Gasteiger charge is 2.42. The van der Waals surface area contributed by atoms with Crippen molar-refractivity contribution < 1.29 is 0 Å². The quantitative estimate of drug-likeness (QED) is 0.889. The first-order valence-electron chi connectivity index (χ1n) is 6.82. The van der Waals surface area contributed by atoms with Gasteiger partial charge in [0.05, 0.1) is 0 Å². The Morgan fingerprint density at radius 1 is 1.16 bits per heavy atom. The summed E-state index contributed by atoms with van der Waals surface area (Å²) in [6, 6.07) is 12.7. The van der Waals surface area contributed by atoms with Crippen LogP contribution in [0.2, 0.25) is 0 Å². The molecule has 0 unspecified atom stereocenters. The van der Waals surface area contributed by atoms with E-state index in [1.165, 1.54) is 18.4 Å². The molecule has 1 N–H and O–H groups in total. The van der Waals surface area contributed by atoms with Crippen LogP contribution in [0.3, 0.4) is 0 Å². The van der Waals surface area contributed by atoms with Crippen LogP contribution in [-0.2, 0) is 6.42 Å². The molecule has 3 heteroatoms. The van der Waals surface area contributed by atoms with Crippen molar-refractivity contribution in [3.63, 3.8) is 0 Å². The molecule has 0 radical (unpaired) electrons. The molecule has 0 aliphatic heterocycles. The minimum absolute atomic E-state index is 0.431. The first kappa shape index (κ1) is 12.2. The maximum absolute atomic E-state index is 4.26. The third kappa shape index (κ3) is 3.11. The summed E-state index contributed by atoms with van der Waals surface area (Å²) in [5.74, 6) is 0.937. The van der Waals surface area contributed by atoms with E-state index in [9.17, 15) is 0 Å². The molecule has 3 rings (SSSR count). The Balaban J connectivity index is 1.60. The summed E-state index contributed by atoms with van der Waals surface area (Å²) in [4.78, 5) is 8.37. The van der Waals surface area contributed by atoms with Crippen LogP contribution in [0.4, 0.5) is 5.82 Å². The van der Waals surface area contributed by atoms with Crippen molar-refractivity contribution in [3.8, 4) is 0 Å². The van der Waals surface area contributed by atoms with Crippen molar-refractivity contribution in [1.82, 2.24) is 9.97 Å². The van der Waals surface area contributed by atoms with E-state index in [0.29, 0.717) is 5.41 Å². The van der Waals surface area contributed by atoms with E-state index in [4.69, 9.17) is 0 Å². The Morgan fingerprint density at radius 2 is 1.95 bits per heavy atom. The van der Waals surface area contributed by atoms with Crippen molar-refractivity contribution in [2.45, 2.75) is 26.2 Å². The smallest absolute Gasteiger partial charge is 0.129 e. The lowest BCUT2D eigenvalue weighted by Crippen LogP contribution is -2.18. The van der Waals surface area contributed by atoms with Crippen molar-refractivity contribution in [1.29, 1.82) is 0 Å². The molecule has 1 saturated carbocycles. The first-order chi connectivity index (χ1) is 9.26. The fourth-order valence-electron chi connectivity index (χ4n) is 2.45. The molecular weight excluding hydrogens is 234 g/mol. The molecule has 1 aliphatic carbocycles. The van der Waals surface area contributed by atoms with E-state index in [0.717, 1.165) is 24.5 Å². The monoisotopic (exact) mass is 253 g/mol. The number of aromatic nitrogens is 2. The number of benzene rings is 1. The minimum Gasteiger partial charge on any atom is -0.369 e. The molecule has 1 aromatic heterocycles. The average molecular weight is 253 g/mol. The second-order valence-electron chi connectivity index (χ2n) is 5.56. The van der Waals surface area contributed by atoms with Crippen molar-refractivity contribution in [2.24, 2.45) is 5.41 Å². The van der Waals surface area contributed by atoms with Gasteiger partial charge >= 0.3 is 0 Å². The molecule has 1 aromatic carbocycles. The van der Waals surface area contributed by atoms with Crippen LogP contribution in [0.15, 0.2) is 42.7 Å². The molecule has 3 nitrogen and oxygen atoms in total. The van der Waals surface area contributed by atoms with Crippen LogP contribution in [0.5, 0.6) is 0 Å². The topological polar surface area (TPSA) is 37.8 Å². The van der Waals surface area contributed by atoms with E-state index in [1.807, 2.05) is 13.0 Å². The summed E-state index contributed by atoms with van der Waals surface area (Å²) >= 11 is 0. The summed E-state index contributed by atoms with van der Waals surface area (Å²) < 4.78 is 0. The number of rotatable bonds is 5. The van der Waals surface area contributed by atoms with Crippen molar-refractivity contribution >= 4 is 5.82 Å². The third-order valence-corrected chi connectivity index (χ3v) is 3.83. The van der Waals surface area contributed by atoms with Crippen LogP contribution in [0.25, 0.3) is 0 Å². The predicted octanol–water partition coefficient (Wildman–Crippen LogP) is 3.22. The van der Waals surface area contributed by atoms with Crippen LogP contribution in [0, 0.1) is 12.3 Å². The maximum Gasteiger partial charge on any atom is 0.129 e. The lowest BCUT2D eigenvalue weighted by molar-refractivity contribution is 0.537. The fraction of sp³-hybridized carbons (Fsp3) is 0.375. The van der Waals surface area contributed by atoms with Gasteiger partial charge < -0.3 is 5.32 Å². The second-order valence-corrected chi connectivity index (χ2v) is 5.56. The Kier molecular flexibility index (Phi) is 3.20. The van der Waals surface area contributed by atoms with E-state index in [1.54, 1.807) is 6.33 Å². The third-order valence-electron chi connectivity index (χ3n) is 3.83. The van der Waals surface area contributed by atoms with E-state index in [2.05, 4.69) is 45.6 Å². The summed E-state index contributed by atoms with van der Waals surface area (Å²) in [5.41, 5.74) is 2.87. The molecule has 2 aromatic rings. The van der Waals surface area contributed by atoms with Crippen LogP contribution in [0.1, 0.15) is 24.1 Å². The van der Waals surface area contributed by atoms with Crippen LogP contribution >= 0.6 is 0 Å². The van der Waals surface area contributed by atoms with Gasteiger partial charge in [-0.2, -0.15) is 0 Å². The fourth-order valence-corrected chi connectivity index (χ4v) is 2.45. The molecule has 19 heavy (non-hydrogen) atoms. The highest BCUT2D eigenvalue weighted by Crippen LogP contribution is 2.48. The number of hydrogen-bond donors (Lipinski definition) is 1. The van der Waals surface area contributed by atoms with Gasteiger partial charge in [-0.3, -0.25) is 0 Å².